The largest absolute Gasteiger partial charge is 0.389 e. The van der Waals surface area contributed by atoms with Gasteiger partial charge in [0, 0.05) is 19.0 Å². The maximum absolute atomic E-state index is 12.0. The van der Waals surface area contributed by atoms with Crippen LogP contribution in [0.15, 0.2) is 4.99 Å². The number of aliphatic imine (C=N–C) groups is 1. The monoisotopic (exact) mass is 314 g/mol. The van der Waals surface area contributed by atoms with Gasteiger partial charge in [0.25, 0.3) is 0 Å². The van der Waals surface area contributed by atoms with Crippen molar-refractivity contribution in [3.63, 3.8) is 0 Å². The van der Waals surface area contributed by atoms with E-state index in [9.17, 15) is 26.4 Å². The Kier molecular flexibility index (Phi) is 5.73. The van der Waals surface area contributed by atoms with Gasteiger partial charge in [-0.15, -0.1) is 0 Å². The summed E-state index contributed by atoms with van der Waals surface area (Å²) in [5.74, 6) is -0.515. The first-order valence-electron chi connectivity index (χ1n) is 6.29. The van der Waals surface area contributed by atoms with Crippen molar-refractivity contribution in [1.29, 1.82) is 0 Å². The van der Waals surface area contributed by atoms with E-state index in [0.717, 1.165) is 0 Å². The van der Waals surface area contributed by atoms with Crippen molar-refractivity contribution in [2.75, 3.05) is 12.3 Å². The lowest BCUT2D eigenvalue weighted by molar-refractivity contribution is -0.134. The molecule has 5 nitrogen and oxygen atoms in total. The van der Waals surface area contributed by atoms with Gasteiger partial charge in [-0.1, -0.05) is 0 Å². The van der Waals surface area contributed by atoms with Crippen molar-refractivity contribution < 1.29 is 26.4 Å². The lowest BCUT2D eigenvalue weighted by atomic mass is 10.0. The Bertz CT molecular complexity index is 472. The average Bonchev–Trinajstić information content (AvgIpc) is 2.26. The molecule has 0 spiro atoms. The first kappa shape index (κ1) is 17.1. The van der Waals surface area contributed by atoms with E-state index in [4.69, 9.17) is 0 Å². The minimum absolute atomic E-state index is 0.172. The second-order valence-electron chi connectivity index (χ2n) is 4.89. The Morgan fingerprint density at radius 1 is 1.40 bits per heavy atom. The molecule has 2 atom stereocenters. The third-order valence-corrected chi connectivity index (χ3v) is 5.30. The zero-order valence-corrected chi connectivity index (χ0v) is 11.9. The van der Waals surface area contributed by atoms with Crippen LogP contribution >= 0.6 is 0 Å². The molecule has 1 saturated heterocycles. The number of halogens is 3. The zero-order chi connectivity index (χ0) is 15.4. The molecule has 0 N–H and O–H groups in total. The lowest BCUT2D eigenvalue weighted by Gasteiger charge is -2.34. The highest BCUT2D eigenvalue weighted by molar-refractivity contribution is 7.89. The molecule has 0 bridgehead atoms. The molecule has 1 heterocycles. The van der Waals surface area contributed by atoms with Crippen LogP contribution in [0.2, 0.25) is 0 Å². The number of nitrogens with zero attached hydrogens (tertiary/aromatic N) is 2. The molecule has 1 aliphatic heterocycles. The van der Waals surface area contributed by atoms with E-state index in [-0.39, 0.29) is 18.6 Å². The van der Waals surface area contributed by atoms with E-state index in [2.05, 4.69) is 4.99 Å². The molecule has 0 radical (unpaired) electrons. The first-order valence-corrected chi connectivity index (χ1v) is 7.90. The van der Waals surface area contributed by atoms with Gasteiger partial charge >= 0.3 is 6.18 Å². The van der Waals surface area contributed by atoms with E-state index >= 15 is 0 Å². The van der Waals surface area contributed by atoms with Gasteiger partial charge in [0.15, 0.2) is 0 Å². The molecule has 1 aliphatic rings. The average molecular weight is 314 g/mol. The third-order valence-electron chi connectivity index (χ3n) is 3.24. The number of sulfonamides is 1. The SMILES string of the molecule is CC1CC(N=C=O)CCN1S(=O)(=O)CCCC(F)(F)F. The number of isocyanates is 1. The Balaban J connectivity index is 2.58. The molecule has 1 fully saturated rings. The van der Waals surface area contributed by atoms with Crippen molar-refractivity contribution in [2.24, 2.45) is 4.99 Å². The predicted molar refractivity (Wildman–Crippen MR) is 66.4 cm³/mol. The summed E-state index contributed by atoms with van der Waals surface area (Å²) >= 11 is 0. The highest BCUT2D eigenvalue weighted by atomic mass is 32.2. The summed E-state index contributed by atoms with van der Waals surface area (Å²) in [6, 6.07) is -0.633. The molecule has 0 aromatic rings. The van der Waals surface area contributed by atoms with Crippen molar-refractivity contribution in [1.82, 2.24) is 4.31 Å². The molecule has 2 unspecified atom stereocenters. The Morgan fingerprint density at radius 3 is 2.55 bits per heavy atom. The number of alkyl halides is 3. The molecule has 0 aromatic carbocycles. The van der Waals surface area contributed by atoms with Crippen LogP contribution in [0, 0.1) is 0 Å². The summed E-state index contributed by atoms with van der Waals surface area (Å²) in [4.78, 5) is 13.7. The van der Waals surface area contributed by atoms with Crippen LogP contribution in [0.5, 0.6) is 0 Å². The van der Waals surface area contributed by atoms with E-state index in [1.807, 2.05) is 0 Å². The van der Waals surface area contributed by atoms with Gasteiger partial charge in [0.1, 0.15) is 0 Å². The maximum atomic E-state index is 12.0. The van der Waals surface area contributed by atoms with Crippen LogP contribution in [0.1, 0.15) is 32.6 Å². The summed E-state index contributed by atoms with van der Waals surface area (Å²) in [5, 5.41) is 0. The fourth-order valence-electron chi connectivity index (χ4n) is 2.30. The van der Waals surface area contributed by atoms with Crippen LogP contribution in [-0.4, -0.2) is 49.4 Å². The number of rotatable bonds is 5. The molecule has 116 valence electrons. The normalized spacial score (nSPS) is 25.2. The van der Waals surface area contributed by atoms with Crippen LogP contribution in [0.3, 0.4) is 0 Å². The van der Waals surface area contributed by atoms with Crippen LogP contribution < -0.4 is 0 Å². The summed E-state index contributed by atoms with van der Waals surface area (Å²) < 4.78 is 61.3. The van der Waals surface area contributed by atoms with Gasteiger partial charge < -0.3 is 0 Å². The molecular weight excluding hydrogens is 297 g/mol. The van der Waals surface area contributed by atoms with Crippen LogP contribution in [-0.2, 0) is 14.8 Å². The second kappa shape index (κ2) is 6.69. The second-order valence-corrected chi connectivity index (χ2v) is 6.93. The van der Waals surface area contributed by atoms with Crippen molar-refractivity contribution >= 4 is 16.1 Å². The van der Waals surface area contributed by atoms with Gasteiger partial charge in [-0.2, -0.15) is 17.5 Å². The molecule has 9 heteroatoms. The molecule has 0 saturated carbocycles. The highest BCUT2D eigenvalue weighted by Crippen LogP contribution is 2.25. The highest BCUT2D eigenvalue weighted by Gasteiger charge is 2.34. The summed E-state index contributed by atoms with van der Waals surface area (Å²) in [6.07, 6.45) is -3.67. The predicted octanol–water partition coefficient (Wildman–Crippen LogP) is 1.85. The molecule has 1 rings (SSSR count). The molecule has 0 aromatic heterocycles. The third kappa shape index (κ3) is 5.22. The smallest absolute Gasteiger partial charge is 0.212 e. The number of piperidine rings is 1. The van der Waals surface area contributed by atoms with Gasteiger partial charge in [0.2, 0.25) is 16.1 Å². The van der Waals surface area contributed by atoms with Gasteiger partial charge in [-0.05, 0) is 26.2 Å². The van der Waals surface area contributed by atoms with Gasteiger partial charge in [-0.25, -0.2) is 18.2 Å². The van der Waals surface area contributed by atoms with E-state index < -0.39 is 34.8 Å². The minimum Gasteiger partial charge on any atom is -0.212 e. The summed E-state index contributed by atoms with van der Waals surface area (Å²) in [7, 11) is -3.70. The lowest BCUT2D eigenvalue weighted by Crippen LogP contribution is -2.46. The zero-order valence-electron chi connectivity index (χ0n) is 11.1. The van der Waals surface area contributed by atoms with Crippen molar-refractivity contribution in [3.8, 4) is 0 Å². The quantitative estimate of drug-likeness (QED) is 0.574. The Hall–Kier alpha value is -0.920. The molecule has 0 aliphatic carbocycles. The fourth-order valence-corrected chi connectivity index (χ4v) is 4.06. The van der Waals surface area contributed by atoms with E-state index in [1.165, 1.54) is 10.4 Å². The summed E-state index contributed by atoms with van der Waals surface area (Å²) in [5.41, 5.74) is 0. The van der Waals surface area contributed by atoms with Crippen molar-refractivity contribution in [2.45, 2.75) is 50.9 Å². The summed E-state index contributed by atoms with van der Waals surface area (Å²) in [6.45, 7) is 1.83. The molecule has 20 heavy (non-hydrogen) atoms. The van der Waals surface area contributed by atoms with Crippen LogP contribution in [0.4, 0.5) is 13.2 Å². The van der Waals surface area contributed by atoms with Crippen molar-refractivity contribution in [3.05, 3.63) is 0 Å². The van der Waals surface area contributed by atoms with Gasteiger partial charge in [-0.3, -0.25) is 0 Å². The Morgan fingerprint density at radius 2 is 2.05 bits per heavy atom. The standard InChI is InChI=1S/C11H17F3N2O3S/c1-9-7-10(15-8-17)3-5-16(9)20(18,19)6-2-4-11(12,13)14/h9-10H,2-7H2,1H3. The van der Waals surface area contributed by atoms with Crippen LogP contribution in [0.25, 0.3) is 0 Å². The Labute approximate surface area is 115 Å². The number of carbonyl (C=O) groups excluding carboxylic acids is 1. The first-order chi connectivity index (χ1) is 9.15. The fraction of sp³-hybridized carbons (Fsp3) is 0.909. The van der Waals surface area contributed by atoms with E-state index in [0.29, 0.717) is 12.8 Å². The number of hydrogen-bond acceptors (Lipinski definition) is 4. The molecular formula is C11H17F3N2O3S. The van der Waals surface area contributed by atoms with Gasteiger partial charge in [0.05, 0.1) is 11.8 Å². The number of hydrogen-bond donors (Lipinski definition) is 0. The molecule has 0 amide bonds. The topological polar surface area (TPSA) is 66.8 Å². The minimum atomic E-state index is -4.34. The maximum Gasteiger partial charge on any atom is 0.389 e. The van der Waals surface area contributed by atoms with E-state index in [1.54, 1.807) is 6.92 Å².